The van der Waals surface area contributed by atoms with Crippen LogP contribution in [0, 0.1) is 6.92 Å². The number of hydrogen-bond acceptors (Lipinski definition) is 5. The maximum Gasteiger partial charge on any atom is 0.341 e. The van der Waals surface area contributed by atoms with Gasteiger partial charge in [0.1, 0.15) is 11.3 Å². The summed E-state index contributed by atoms with van der Waals surface area (Å²) in [7, 11) is 0. The third-order valence-electron chi connectivity index (χ3n) is 3.71. The highest BCUT2D eigenvalue weighted by Crippen LogP contribution is 2.31. The number of aryl methyl sites for hydroxylation is 1. The zero-order chi connectivity index (χ0) is 17.1. The highest BCUT2D eigenvalue weighted by molar-refractivity contribution is 6.06. The lowest BCUT2D eigenvalue weighted by molar-refractivity contribution is 0.0527. The lowest BCUT2D eigenvalue weighted by Gasteiger charge is -2.15. The lowest BCUT2D eigenvalue weighted by atomic mass is 10.1. The Bertz CT molecular complexity index is 912. The van der Waals surface area contributed by atoms with Crippen LogP contribution >= 0.6 is 12.4 Å². The fourth-order valence-electron chi connectivity index (χ4n) is 2.60. The largest absolute Gasteiger partial charge is 0.508 e. The van der Waals surface area contributed by atoms with Crippen LogP contribution in [0.4, 0.5) is 11.4 Å². The molecule has 0 fully saturated rings. The summed E-state index contributed by atoms with van der Waals surface area (Å²) in [6.45, 7) is 4.02. The van der Waals surface area contributed by atoms with Crippen LogP contribution in [-0.4, -0.2) is 22.7 Å². The van der Waals surface area contributed by atoms with Gasteiger partial charge in [-0.2, -0.15) is 0 Å². The molecule has 0 aliphatic carbocycles. The SMILES string of the molecule is CCOC(=O)c1cnc2c(C)cccc2c1Nc1cccc(O)c1.Cl. The second-order valence-corrected chi connectivity index (χ2v) is 5.41. The molecule has 5 nitrogen and oxygen atoms in total. The molecule has 0 aliphatic rings. The van der Waals surface area contributed by atoms with Crippen LogP contribution in [0.15, 0.2) is 48.7 Å². The van der Waals surface area contributed by atoms with Crippen molar-refractivity contribution in [3.8, 4) is 5.75 Å². The van der Waals surface area contributed by atoms with Crippen molar-refractivity contribution in [3.05, 3.63) is 59.8 Å². The van der Waals surface area contributed by atoms with E-state index in [-0.39, 0.29) is 24.8 Å². The second-order valence-electron chi connectivity index (χ2n) is 5.41. The summed E-state index contributed by atoms with van der Waals surface area (Å²) in [6, 6.07) is 12.5. The van der Waals surface area contributed by atoms with Crippen molar-refractivity contribution in [3.63, 3.8) is 0 Å². The molecule has 0 spiro atoms. The molecule has 0 atom stereocenters. The van der Waals surface area contributed by atoms with E-state index in [0.29, 0.717) is 16.9 Å². The normalized spacial score (nSPS) is 10.2. The Morgan fingerprint density at radius 1 is 1.24 bits per heavy atom. The van der Waals surface area contributed by atoms with E-state index in [9.17, 15) is 9.90 Å². The predicted octanol–water partition coefficient (Wildman–Crippen LogP) is 4.59. The number of aromatic nitrogens is 1. The first-order chi connectivity index (χ1) is 11.6. The number of phenolic OH excluding ortho intramolecular Hbond substituents is 1. The van der Waals surface area contributed by atoms with Crippen LogP contribution in [0.2, 0.25) is 0 Å². The van der Waals surface area contributed by atoms with Crippen LogP contribution in [0.5, 0.6) is 5.75 Å². The Labute approximate surface area is 152 Å². The molecule has 2 aromatic carbocycles. The van der Waals surface area contributed by atoms with Crippen molar-refractivity contribution >= 4 is 40.7 Å². The zero-order valence-corrected chi connectivity index (χ0v) is 14.8. The average molecular weight is 359 g/mol. The summed E-state index contributed by atoms with van der Waals surface area (Å²) in [5.74, 6) is -0.289. The first kappa shape index (κ1) is 18.5. The third-order valence-corrected chi connectivity index (χ3v) is 3.71. The summed E-state index contributed by atoms with van der Waals surface area (Å²) in [5.41, 5.74) is 3.48. The number of halogens is 1. The minimum atomic E-state index is -0.434. The minimum Gasteiger partial charge on any atom is -0.508 e. The van der Waals surface area contributed by atoms with E-state index < -0.39 is 5.97 Å². The predicted molar refractivity (Wildman–Crippen MR) is 101 cm³/mol. The molecular weight excluding hydrogens is 340 g/mol. The van der Waals surface area contributed by atoms with Crippen molar-refractivity contribution < 1.29 is 14.6 Å². The third kappa shape index (κ3) is 3.83. The van der Waals surface area contributed by atoms with Crippen molar-refractivity contribution in [2.75, 3.05) is 11.9 Å². The average Bonchev–Trinajstić information content (AvgIpc) is 2.56. The number of nitrogens with zero attached hydrogens (tertiary/aromatic N) is 1. The molecule has 130 valence electrons. The van der Waals surface area contributed by atoms with Gasteiger partial charge in [-0.05, 0) is 31.5 Å². The molecule has 0 saturated carbocycles. The molecular formula is C19H19ClN2O3. The molecule has 0 amide bonds. The fourth-order valence-corrected chi connectivity index (χ4v) is 2.60. The van der Waals surface area contributed by atoms with Gasteiger partial charge in [0.2, 0.25) is 0 Å². The molecule has 3 aromatic rings. The smallest absolute Gasteiger partial charge is 0.341 e. The molecule has 6 heteroatoms. The van der Waals surface area contributed by atoms with Crippen LogP contribution in [-0.2, 0) is 4.74 Å². The highest BCUT2D eigenvalue weighted by atomic mass is 35.5. The Kier molecular flexibility index (Phi) is 5.83. The van der Waals surface area contributed by atoms with Gasteiger partial charge in [0.05, 0.1) is 17.8 Å². The molecule has 1 aromatic heterocycles. The maximum absolute atomic E-state index is 12.3. The summed E-state index contributed by atoms with van der Waals surface area (Å²) in [5, 5.41) is 13.7. The number of para-hydroxylation sites is 1. The lowest BCUT2D eigenvalue weighted by Crippen LogP contribution is -2.09. The van der Waals surface area contributed by atoms with Crippen molar-refractivity contribution in [1.29, 1.82) is 0 Å². The quantitative estimate of drug-likeness (QED) is 0.667. The van der Waals surface area contributed by atoms with E-state index >= 15 is 0 Å². The van der Waals surface area contributed by atoms with Gasteiger partial charge in [-0.15, -0.1) is 12.4 Å². The van der Waals surface area contributed by atoms with E-state index in [1.54, 1.807) is 25.1 Å². The molecule has 1 heterocycles. The number of phenols is 1. The number of pyridine rings is 1. The number of benzene rings is 2. The Balaban J connectivity index is 0.00000225. The molecule has 0 unspecified atom stereocenters. The summed E-state index contributed by atoms with van der Waals surface area (Å²) >= 11 is 0. The number of nitrogens with one attached hydrogen (secondary N) is 1. The van der Waals surface area contributed by atoms with Crippen LogP contribution in [0.1, 0.15) is 22.8 Å². The van der Waals surface area contributed by atoms with Gasteiger partial charge < -0.3 is 15.2 Å². The number of aromatic hydroxyl groups is 1. The van der Waals surface area contributed by atoms with Crippen molar-refractivity contribution in [2.24, 2.45) is 0 Å². The number of rotatable bonds is 4. The van der Waals surface area contributed by atoms with E-state index in [1.807, 2.05) is 31.2 Å². The summed E-state index contributed by atoms with van der Waals surface area (Å²) in [6.07, 6.45) is 1.53. The number of carbonyl (C=O) groups excluding carboxylic acids is 1. The van der Waals surface area contributed by atoms with Crippen LogP contribution in [0.25, 0.3) is 10.9 Å². The molecule has 0 bridgehead atoms. The number of esters is 1. The molecule has 0 aliphatic heterocycles. The summed E-state index contributed by atoms with van der Waals surface area (Å²) < 4.78 is 5.14. The Morgan fingerprint density at radius 2 is 2.00 bits per heavy atom. The minimum absolute atomic E-state index is 0. The van der Waals surface area contributed by atoms with Gasteiger partial charge in [-0.25, -0.2) is 4.79 Å². The van der Waals surface area contributed by atoms with E-state index in [1.165, 1.54) is 6.20 Å². The van der Waals surface area contributed by atoms with Gasteiger partial charge in [-0.1, -0.05) is 24.3 Å². The number of carbonyl (C=O) groups is 1. The number of fused-ring (bicyclic) bond motifs is 1. The first-order valence-electron chi connectivity index (χ1n) is 7.71. The fraction of sp³-hybridized carbons (Fsp3) is 0.158. The van der Waals surface area contributed by atoms with E-state index in [4.69, 9.17) is 4.74 Å². The monoisotopic (exact) mass is 358 g/mol. The van der Waals surface area contributed by atoms with Gasteiger partial charge in [-0.3, -0.25) is 4.98 Å². The van der Waals surface area contributed by atoms with Crippen molar-refractivity contribution in [1.82, 2.24) is 4.98 Å². The van der Waals surface area contributed by atoms with Gasteiger partial charge in [0, 0.05) is 23.3 Å². The first-order valence-corrected chi connectivity index (χ1v) is 7.71. The number of ether oxygens (including phenoxy) is 1. The van der Waals surface area contributed by atoms with Crippen LogP contribution in [0.3, 0.4) is 0 Å². The van der Waals surface area contributed by atoms with E-state index in [2.05, 4.69) is 10.3 Å². The van der Waals surface area contributed by atoms with E-state index in [0.717, 1.165) is 16.5 Å². The molecule has 0 saturated heterocycles. The second kappa shape index (κ2) is 7.85. The van der Waals surface area contributed by atoms with Crippen LogP contribution < -0.4 is 5.32 Å². The zero-order valence-electron chi connectivity index (χ0n) is 13.9. The van der Waals surface area contributed by atoms with Crippen molar-refractivity contribution in [2.45, 2.75) is 13.8 Å². The molecule has 2 N–H and O–H groups in total. The molecule has 25 heavy (non-hydrogen) atoms. The summed E-state index contributed by atoms with van der Waals surface area (Å²) in [4.78, 5) is 16.7. The van der Waals surface area contributed by atoms with Gasteiger partial charge in [0.15, 0.2) is 0 Å². The maximum atomic E-state index is 12.3. The number of anilines is 2. The van der Waals surface area contributed by atoms with Gasteiger partial charge >= 0.3 is 5.97 Å². The number of hydrogen-bond donors (Lipinski definition) is 2. The Morgan fingerprint density at radius 3 is 2.72 bits per heavy atom. The molecule has 3 rings (SSSR count). The topological polar surface area (TPSA) is 71.5 Å². The standard InChI is InChI=1S/C19H18N2O3.ClH/c1-3-24-19(23)16-11-20-17-12(2)6-4-9-15(17)18(16)21-13-7-5-8-14(22)10-13;/h4-11,22H,3H2,1-2H3,(H,20,21);1H. The molecule has 0 radical (unpaired) electrons. The van der Waals surface area contributed by atoms with Gasteiger partial charge in [0.25, 0.3) is 0 Å². The highest BCUT2D eigenvalue weighted by Gasteiger charge is 2.17. The Hall–Kier alpha value is -2.79.